The maximum atomic E-state index is 4.18. The molecule has 1 aromatic heterocycles. The van der Waals surface area contributed by atoms with Crippen molar-refractivity contribution in [3.8, 4) is 0 Å². The van der Waals surface area contributed by atoms with E-state index in [1.165, 1.54) is 0 Å². The molecule has 1 heterocycles. The molecule has 0 N–H and O–H groups in total. The minimum atomic E-state index is 0.970. The Balaban J connectivity index is 3.17. The molecule has 0 saturated heterocycles. The van der Waals surface area contributed by atoms with E-state index in [9.17, 15) is 0 Å². The number of allylic oxidation sites excluding steroid dienone is 1. The van der Waals surface area contributed by atoms with Gasteiger partial charge < -0.3 is 4.57 Å². The lowest BCUT2D eigenvalue weighted by atomic mass is 10.1. The Morgan fingerprint density at radius 3 is 2.60 bits per heavy atom. The standard InChI is InChI=1S/C7H11BN2/c1-5(2)7-9-4-6(8)10(7)3/h4H,1,8H2,2-3H3. The fraction of sp³-hybridized carbons (Fsp3) is 0.286. The van der Waals surface area contributed by atoms with E-state index < -0.39 is 0 Å². The number of hydrogen-bond acceptors (Lipinski definition) is 1. The number of nitrogens with zero attached hydrogens (tertiary/aromatic N) is 2. The molecule has 0 aliphatic rings. The van der Waals surface area contributed by atoms with Crippen LogP contribution < -0.4 is 5.59 Å². The minimum absolute atomic E-state index is 0.970. The maximum Gasteiger partial charge on any atom is 0.163 e. The third-order valence-electron chi connectivity index (χ3n) is 1.60. The highest BCUT2D eigenvalue weighted by atomic mass is 15.0. The van der Waals surface area contributed by atoms with Gasteiger partial charge in [-0.2, -0.15) is 0 Å². The van der Waals surface area contributed by atoms with Gasteiger partial charge in [-0.05, 0) is 18.1 Å². The first kappa shape index (κ1) is 7.13. The van der Waals surface area contributed by atoms with Crippen LogP contribution in [0.25, 0.3) is 5.57 Å². The normalized spacial score (nSPS) is 9.80. The molecule has 2 nitrogen and oxygen atoms in total. The second-order valence-electron chi connectivity index (χ2n) is 2.56. The Bertz CT molecular complexity index is 263. The van der Waals surface area contributed by atoms with Gasteiger partial charge in [0.15, 0.2) is 7.85 Å². The smallest absolute Gasteiger partial charge is 0.163 e. The largest absolute Gasteiger partial charge is 0.341 e. The van der Waals surface area contributed by atoms with E-state index in [-0.39, 0.29) is 0 Å². The number of imidazole rings is 1. The Labute approximate surface area is 62.0 Å². The van der Waals surface area contributed by atoms with Crippen LogP contribution in [0.15, 0.2) is 12.8 Å². The highest BCUT2D eigenvalue weighted by molar-refractivity contribution is 6.30. The minimum Gasteiger partial charge on any atom is -0.341 e. The van der Waals surface area contributed by atoms with Crippen molar-refractivity contribution in [1.29, 1.82) is 0 Å². The van der Waals surface area contributed by atoms with Crippen LogP contribution in [0.3, 0.4) is 0 Å². The summed E-state index contributed by atoms with van der Waals surface area (Å²) in [5.41, 5.74) is 2.17. The van der Waals surface area contributed by atoms with Gasteiger partial charge in [0.25, 0.3) is 0 Å². The molecular weight excluding hydrogens is 123 g/mol. The van der Waals surface area contributed by atoms with Gasteiger partial charge in [-0.1, -0.05) is 6.58 Å². The average Bonchev–Trinajstić information content (AvgIpc) is 2.14. The number of hydrogen-bond donors (Lipinski definition) is 0. The van der Waals surface area contributed by atoms with Gasteiger partial charge in [-0.15, -0.1) is 0 Å². The number of aromatic nitrogens is 2. The van der Waals surface area contributed by atoms with E-state index in [0.717, 1.165) is 17.0 Å². The molecule has 0 radical (unpaired) electrons. The molecule has 0 spiro atoms. The fourth-order valence-electron chi connectivity index (χ4n) is 0.891. The van der Waals surface area contributed by atoms with Crippen molar-refractivity contribution in [1.82, 2.24) is 9.55 Å². The van der Waals surface area contributed by atoms with E-state index in [2.05, 4.69) is 11.6 Å². The molecule has 0 aromatic carbocycles. The molecular formula is C7H11BN2. The topological polar surface area (TPSA) is 17.8 Å². The summed E-state index contributed by atoms with van der Waals surface area (Å²) >= 11 is 0. The summed E-state index contributed by atoms with van der Waals surface area (Å²) in [5.74, 6) is 0.970. The summed E-state index contributed by atoms with van der Waals surface area (Å²) < 4.78 is 2.03. The first-order valence-corrected chi connectivity index (χ1v) is 3.27. The van der Waals surface area contributed by atoms with Gasteiger partial charge >= 0.3 is 0 Å². The molecule has 3 heteroatoms. The molecule has 0 aliphatic heterocycles. The van der Waals surface area contributed by atoms with Gasteiger partial charge in [0.05, 0.1) is 0 Å². The van der Waals surface area contributed by atoms with Crippen molar-refractivity contribution < 1.29 is 0 Å². The second-order valence-corrected chi connectivity index (χ2v) is 2.56. The van der Waals surface area contributed by atoms with Crippen molar-refractivity contribution in [2.75, 3.05) is 0 Å². The Morgan fingerprint density at radius 1 is 1.80 bits per heavy atom. The molecule has 1 rings (SSSR count). The lowest BCUT2D eigenvalue weighted by Gasteiger charge is -2.00. The van der Waals surface area contributed by atoms with E-state index in [0.29, 0.717) is 0 Å². The Hall–Kier alpha value is -0.985. The maximum absolute atomic E-state index is 4.18. The first-order chi connectivity index (χ1) is 4.63. The second kappa shape index (κ2) is 2.33. The Kier molecular flexibility index (Phi) is 1.66. The zero-order valence-electron chi connectivity index (χ0n) is 6.68. The predicted octanol–water partition coefficient (Wildman–Crippen LogP) is -0.288. The molecule has 0 atom stereocenters. The summed E-state index contributed by atoms with van der Waals surface area (Å²) in [6.07, 6.45) is 1.85. The van der Waals surface area contributed by atoms with Gasteiger partial charge in [-0.3, -0.25) is 0 Å². The zero-order valence-corrected chi connectivity index (χ0v) is 6.68. The molecule has 1 aromatic rings. The highest BCUT2D eigenvalue weighted by Crippen LogP contribution is 2.04. The first-order valence-electron chi connectivity index (χ1n) is 3.27. The monoisotopic (exact) mass is 134 g/mol. The molecule has 10 heavy (non-hydrogen) atoms. The van der Waals surface area contributed by atoms with Crippen LogP contribution in [0.5, 0.6) is 0 Å². The fourth-order valence-corrected chi connectivity index (χ4v) is 0.891. The van der Waals surface area contributed by atoms with E-state index in [1.807, 2.05) is 32.6 Å². The third-order valence-corrected chi connectivity index (χ3v) is 1.60. The van der Waals surface area contributed by atoms with E-state index >= 15 is 0 Å². The van der Waals surface area contributed by atoms with Gasteiger partial charge in [-0.25, -0.2) is 4.98 Å². The highest BCUT2D eigenvalue weighted by Gasteiger charge is 2.00. The van der Waals surface area contributed by atoms with Crippen molar-refractivity contribution in [3.05, 3.63) is 18.6 Å². The molecule has 0 saturated carbocycles. The molecule has 0 aliphatic carbocycles. The van der Waals surface area contributed by atoms with E-state index in [4.69, 9.17) is 0 Å². The zero-order chi connectivity index (χ0) is 7.72. The van der Waals surface area contributed by atoms with Crippen molar-refractivity contribution in [3.63, 3.8) is 0 Å². The summed E-state index contributed by atoms with van der Waals surface area (Å²) in [6.45, 7) is 5.78. The third kappa shape index (κ3) is 0.990. The van der Waals surface area contributed by atoms with Crippen LogP contribution in [0.1, 0.15) is 12.7 Å². The SMILES string of the molecule is Bc1cnc(C(=C)C)n1C. The molecule has 0 fully saturated rings. The van der Waals surface area contributed by atoms with Gasteiger partial charge in [0, 0.05) is 13.2 Å². The summed E-state index contributed by atoms with van der Waals surface area (Å²) in [5, 5.41) is 0. The predicted molar refractivity (Wildman–Crippen MR) is 46.1 cm³/mol. The van der Waals surface area contributed by atoms with Gasteiger partial charge in [0.2, 0.25) is 0 Å². The molecule has 0 amide bonds. The Morgan fingerprint density at radius 2 is 2.40 bits per heavy atom. The molecule has 0 unspecified atom stereocenters. The lowest BCUT2D eigenvalue weighted by Crippen LogP contribution is -2.13. The van der Waals surface area contributed by atoms with Crippen molar-refractivity contribution in [2.45, 2.75) is 6.92 Å². The van der Waals surface area contributed by atoms with Crippen LogP contribution >= 0.6 is 0 Å². The van der Waals surface area contributed by atoms with Crippen molar-refractivity contribution in [2.24, 2.45) is 7.05 Å². The van der Waals surface area contributed by atoms with Crippen LogP contribution in [-0.2, 0) is 7.05 Å². The molecule has 52 valence electrons. The van der Waals surface area contributed by atoms with Gasteiger partial charge in [0.1, 0.15) is 5.82 Å². The van der Waals surface area contributed by atoms with Crippen LogP contribution in [-0.4, -0.2) is 17.4 Å². The van der Waals surface area contributed by atoms with E-state index in [1.54, 1.807) is 0 Å². The van der Waals surface area contributed by atoms with Crippen molar-refractivity contribution >= 4 is 19.0 Å². The van der Waals surface area contributed by atoms with Crippen LogP contribution in [0.2, 0.25) is 0 Å². The van der Waals surface area contributed by atoms with Crippen LogP contribution in [0.4, 0.5) is 0 Å². The van der Waals surface area contributed by atoms with Crippen LogP contribution in [0, 0.1) is 0 Å². The molecule has 0 bridgehead atoms. The lowest BCUT2D eigenvalue weighted by molar-refractivity contribution is 0.913. The quantitative estimate of drug-likeness (QED) is 0.482. The number of rotatable bonds is 1. The average molecular weight is 134 g/mol. The summed E-state index contributed by atoms with van der Waals surface area (Å²) in [4.78, 5) is 4.18. The summed E-state index contributed by atoms with van der Waals surface area (Å²) in [6, 6.07) is 0. The summed E-state index contributed by atoms with van der Waals surface area (Å²) in [7, 11) is 4.02.